The minimum atomic E-state index is -0.286. The van der Waals surface area contributed by atoms with Gasteiger partial charge in [-0.25, -0.2) is 4.98 Å². The number of H-pyrrole nitrogens is 1. The maximum Gasteiger partial charge on any atom is 0.307 e. The molecule has 27 heavy (non-hydrogen) atoms. The number of rotatable bonds is 6. The van der Waals surface area contributed by atoms with E-state index in [1.165, 1.54) is 11.3 Å². The number of aromatic amines is 1. The lowest BCUT2D eigenvalue weighted by molar-refractivity contribution is -0.144. The first kappa shape index (κ1) is 18.3. The second kappa shape index (κ2) is 8.27. The van der Waals surface area contributed by atoms with E-state index in [4.69, 9.17) is 4.74 Å². The molecule has 0 aliphatic heterocycles. The Bertz CT molecular complexity index is 1010. The van der Waals surface area contributed by atoms with Crippen LogP contribution < -0.4 is 5.56 Å². The summed E-state index contributed by atoms with van der Waals surface area (Å²) in [5.41, 5.74) is 1.04. The number of hydrogen-bond donors (Lipinski definition) is 1. The zero-order valence-corrected chi connectivity index (χ0v) is 16.5. The van der Waals surface area contributed by atoms with Crippen molar-refractivity contribution in [2.75, 3.05) is 5.75 Å². The van der Waals surface area contributed by atoms with Gasteiger partial charge in [-0.3, -0.25) is 9.59 Å². The molecule has 0 fully saturated rings. The van der Waals surface area contributed by atoms with Crippen molar-refractivity contribution in [2.45, 2.75) is 43.6 Å². The zero-order chi connectivity index (χ0) is 18.6. The van der Waals surface area contributed by atoms with Gasteiger partial charge >= 0.3 is 5.97 Å². The Morgan fingerprint density at radius 1 is 1.22 bits per heavy atom. The summed E-state index contributed by atoms with van der Waals surface area (Å²) in [7, 11) is 0. The molecule has 1 N–H and O–H groups in total. The molecule has 4 rings (SSSR count). The third-order valence-corrected chi connectivity index (χ3v) is 6.76. The standard InChI is InChI=1S/C20H20N2O3S2/c23-17(10-11-26-13-6-2-1-3-7-13)25-12-16-21-19(24)18-14-8-4-5-9-15(14)27-20(18)22-16/h1-3,6-7H,4-5,8-12H2,(H,21,22,24). The summed E-state index contributed by atoms with van der Waals surface area (Å²) < 4.78 is 5.29. The molecule has 0 radical (unpaired) electrons. The first-order valence-corrected chi connectivity index (χ1v) is 10.9. The van der Waals surface area contributed by atoms with Crippen LogP contribution in [0.15, 0.2) is 40.0 Å². The Balaban J connectivity index is 1.36. The number of carbonyl (C=O) groups is 1. The number of thioether (sulfide) groups is 1. The number of hydrogen-bond acceptors (Lipinski definition) is 6. The third kappa shape index (κ3) is 4.25. The minimum absolute atomic E-state index is 0.00256. The van der Waals surface area contributed by atoms with Gasteiger partial charge in [0.1, 0.15) is 17.3 Å². The molecule has 0 amide bonds. The van der Waals surface area contributed by atoms with E-state index >= 15 is 0 Å². The zero-order valence-electron chi connectivity index (χ0n) is 14.8. The van der Waals surface area contributed by atoms with E-state index in [0.717, 1.165) is 39.9 Å². The van der Waals surface area contributed by atoms with Gasteiger partial charge in [0.05, 0.1) is 11.8 Å². The Kier molecular flexibility index (Phi) is 5.59. The van der Waals surface area contributed by atoms with Crippen LogP contribution in [0.4, 0.5) is 0 Å². The second-order valence-electron chi connectivity index (χ2n) is 6.48. The Morgan fingerprint density at radius 3 is 2.89 bits per heavy atom. The number of thiophene rings is 1. The lowest BCUT2D eigenvalue weighted by Crippen LogP contribution is -2.15. The number of carbonyl (C=O) groups excluding carboxylic acids is 1. The molecule has 1 aliphatic carbocycles. The van der Waals surface area contributed by atoms with Gasteiger partial charge in [-0.15, -0.1) is 23.1 Å². The van der Waals surface area contributed by atoms with Gasteiger partial charge in [0.2, 0.25) is 0 Å². The maximum absolute atomic E-state index is 12.5. The van der Waals surface area contributed by atoms with Gasteiger partial charge in [0.15, 0.2) is 0 Å². The molecule has 7 heteroatoms. The molecule has 0 atom stereocenters. The highest BCUT2D eigenvalue weighted by Gasteiger charge is 2.20. The van der Waals surface area contributed by atoms with Crippen LogP contribution in [0.2, 0.25) is 0 Å². The van der Waals surface area contributed by atoms with Crippen molar-refractivity contribution in [2.24, 2.45) is 0 Å². The molecule has 0 spiro atoms. The van der Waals surface area contributed by atoms with Crippen LogP contribution in [0.25, 0.3) is 10.2 Å². The number of ether oxygens (including phenoxy) is 1. The SMILES string of the molecule is O=C(CCSc1ccccc1)OCc1nc2sc3c(c2c(=O)[nH]1)CCCC3. The number of nitrogens with zero attached hydrogens (tertiary/aromatic N) is 1. The highest BCUT2D eigenvalue weighted by Crippen LogP contribution is 2.33. The Morgan fingerprint density at radius 2 is 2.04 bits per heavy atom. The molecular formula is C20H20N2O3S2. The van der Waals surface area contributed by atoms with E-state index in [2.05, 4.69) is 9.97 Å². The largest absolute Gasteiger partial charge is 0.457 e. The Labute approximate surface area is 165 Å². The van der Waals surface area contributed by atoms with E-state index in [-0.39, 0.29) is 18.1 Å². The molecule has 140 valence electrons. The van der Waals surface area contributed by atoms with Gasteiger partial charge in [-0.2, -0.15) is 0 Å². The summed E-state index contributed by atoms with van der Waals surface area (Å²) in [6.07, 6.45) is 4.59. The van der Waals surface area contributed by atoms with Crippen LogP contribution in [-0.2, 0) is 29.0 Å². The third-order valence-electron chi connectivity index (χ3n) is 4.56. The van der Waals surface area contributed by atoms with E-state index in [1.54, 1.807) is 23.1 Å². The summed E-state index contributed by atoms with van der Waals surface area (Å²) in [5, 5.41) is 0.726. The summed E-state index contributed by atoms with van der Waals surface area (Å²) in [4.78, 5) is 34.9. The normalized spacial score (nSPS) is 13.5. The van der Waals surface area contributed by atoms with Crippen LogP contribution in [0.1, 0.15) is 35.5 Å². The topological polar surface area (TPSA) is 72.0 Å². The van der Waals surface area contributed by atoms with Gasteiger partial charge in [0, 0.05) is 15.5 Å². The van der Waals surface area contributed by atoms with Gasteiger partial charge in [0.25, 0.3) is 5.56 Å². The minimum Gasteiger partial charge on any atom is -0.457 e. The average molecular weight is 401 g/mol. The fraction of sp³-hybridized carbons (Fsp3) is 0.350. The van der Waals surface area contributed by atoms with Crippen LogP contribution in [0.3, 0.4) is 0 Å². The van der Waals surface area contributed by atoms with Crippen LogP contribution >= 0.6 is 23.1 Å². The summed E-state index contributed by atoms with van der Waals surface area (Å²) >= 11 is 3.22. The van der Waals surface area contributed by atoms with Crippen molar-refractivity contribution in [3.05, 3.63) is 57.0 Å². The summed E-state index contributed by atoms with van der Waals surface area (Å²) in [6.45, 7) is 0.00256. The molecule has 0 bridgehead atoms. The molecule has 2 heterocycles. The average Bonchev–Trinajstić information content (AvgIpc) is 3.06. The number of benzene rings is 1. The predicted molar refractivity (Wildman–Crippen MR) is 108 cm³/mol. The van der Waals surface area contributed by atoms with Crippen molar-refractivity contribution < 1.29 is 9.53 Å². The lowest BCUT2D eigenvalue weighted by atomic mass is 9.97. The number of fused-ring (bicyclic) bond motifs is 3. The molecule has 3 aromatic rings. The molecule has 1 aromatic carbocycles. The quantitative estimate of drug-likeness (QED) is 0.498. The molecular weight excluding hydrogens is 380 g/mol. The van der Waals surface area contributed by atoms with E-state index in [0.29, 0.717) is 18.0 Å². The molecule has 1 aliphatic rings. The number of nitrogens with one attached hydrogen (secondary N) is 1. The summed E-state index contributed by atoms with van der Waals surface area (Å²) in [5.74, 6) is 0.783. The molecule has 5 nitrogen and oxygen atoms in total. The van der Waals surface area contributed by atoms with Crippen molar-refractivity contribution in [1.29, 1.82) is 0 Å². The predicted octanol–water partition coefficient (Wildman–Crippen LogP) is 4.09. The second-order valence-corrected chi connectivity index (χ2v) is 8.73. The van der Waals surface area contributed by atoms with E-state index in [1.807, 2.05) is 30.3 Å². The van der Waals surface area contributed by atoms with E-state index < -0.39 is 0 Å². The van der Waals surface area contributed by atoms with Crippen molar-refractivity contribution in [3.8, 4) is 0 Å². The maximum atomic E-state index is 12.5. The van der Waals surface area contributed by atoms with E-state index in [9.17, 15) is 9.59 Å². The number of aryl methyl sites for hydroxylation is 2. The van der Waals surface area contributed by atoms with Gasteiger partial charge in [-0.05, 0) is 43.4 Å². The monoisotopic (exact) mass is 400 g/mol. The fourth-order valence-electron chi connectivity index (χ4n) is 3.27. The summed E-state index contributed by atoms with van der Waals surface area (Å²) in [6, 6.07) is 9.94. The highest BCUT2D eigenvalue weighted by atomic mass is 32.2. The van der Waals surface area contributed by atoms with Gasteiger partial charge in [-0.1, -0.05) is 18.2 Å². The smallest absolute Gasteiger partial charge is 0.307 e. The van der Waals surface area contributed by atoms with Crippen LogP contribution in [0, 0.1) is 0 Å². The Hall–Kier alpha value is -2.12. The van der Waals surface area contributed by atoms with Crippen LogP contribution in [0.5, 0.6) is 0 Å². The molecule has 0 saturated carbocycles. The first-order chi connectivity index (χ1) is 13.2. The molecule has 0 saturated heterocycles. The molecule has 0 unspecified atom stereocenters. The highest BCUT2D eigenvalue weighted by molar-refractivity contribution is 7.99. The van der Waals surface area contributed by atoms with Crippen LogP contribution in [-0.4, -0.2) is 21.7 Å². The lowest BCUT2D eigenvalue weighted by Gasteiger charge is -2.09. The van der Waals surface area contributed by atoms with Crippen molar-refractivity contribution in [3.63, 3.8) is 0 Å². The fourth-order valence-corrected chi connectivity index (χ4v) is 5.40. The number of aromatic nitrogens is 2. The first-order valence-electron chi connectivity index (χ1n) is 9.07. The van der Waals surface area contributed by atoms with Crippen molar-refractivity contribution in [1.82, 2.24) is 9.97 Å². The number of esters is 1. The van der Waals surface area contributed by atoms with Crippen molar-refractivity contribution >= 4 is 39.3 Å². The molecule has 2 aromatic heterocycles. The van der Waals surface area contributed by atoms with Gasteiger partial charge < -0.3 is 9.72 Å².